The zero-order valence-corrected chi connectivity index (χ0v) is 15.2. The first-order valence-corrected chi connectivity index (χ1v) is 9.14. The van der Waals surface area contributed by atoms with Gasteiger partial charge in [-0.25, -0.2) is 4.39 Å². The highest BCUT2D eigenvalue weighted by atomic mass is 19.1. The summed E-state index contributed by atoms with van der Waals surface area (Å²) >= 11 is 0. The van der Waals surface area contributed by atoms with Crippen LogP contribution in [0.25, 0.3) is 0 Å². The van der Waals surface area contributed by atoms with Crippen molar-refractivity contribution < 1.29 is 14.0 Å². The van der Waals surface area contributed by atoms with Crippen molar-refractivity contribution in [2.24, 2.45) is 0 Å². The Kier molecular flexibility index (Phi) is 5.50. The summed E-state index contributed by atoms with van der Waals surface area (Å²) in [6.07, 6.45) is 3.67. The molecule has 1 fully saturated rings. The maximum absolute atomic E-state index is 13.0. The van der Waals surface area contributed by atoms with Gasteiger partial charge in [-0.15, -0.1) is 0 Å². The third-order valence-corrected chi connectivity index (χ3v) is 5.24. The minimum absolute atomic E-state index is 0.00397. The van der Waals surface area contributed by atoms with Crippen molar-refractivity contribution in [3.05, 3.63) is 71.0 Å². The van der Waals surface area contributed by atoms with Crippen molar-refractivity contribution >= 4 is 11.7 Å². The van der Waals surface area contributed by atoms with Crippen molar-refractivity contribution in [1.82, 2.24) is 4.90 Å². The number of Topliss-reactive ketones (excluding diaryl/α,β-unsaturated/α-hetero) is 1. The van der Waals surface area contributed by atoms with E-state index in [4.69, 9.17) is 0 Å². The smallest absolute Gasteiger partial charge is 0.254 e. The monoisotopic (exact) mass is 353 g/mol. The lowest BCUT2D eigenvalue weighted by Crippen LogP contribution is -2.40. The Balaban J connectivity index is 1.70. The highest BCUT2D eigenvalue weighted by molar-refractivity contribution is 5.98. The van der Waals surface area contributed by atoms with Gasteiger partial charge in [0, 0.05) is 23.2 Å². The Morgan fingerprint density at radius 2 is 1.62 bits per heavy atom. The summed E-state index contributed by atoms with van der Waals surface area (Å²) in [5, 5.41) is 0. The molecule has 4 heteroatoms. The fourth-order valence-corrected chi connectivity index (χ4v) is 3.70. The van der Waals surface area contributed by atoms with Gasteiger partial charge < -0.3 is 4.90 Å². The van der Waals surface area contributed by atoms with Gasteiger partial charge in [-0.1, -0.05) is 24.3 Å². The molecule has 3 nitrogen and oxygen atoms in total. The number of rotatable bonds is 5. The lowest BCUT2D eigenvalue weighted by Gasteiger charge is -2.29. The third-order valence-electron chi connectivity index (χ3n) is 5.24. The first-order valence-electron chi connectivity index (χ1n) is 9.14. The number of benzene rings is 2. The van der Waals surface area contributed by atoms with Gasteiger partial charge in [-0.2, -0.15) is 0 Å². The molecule has 0 bridgehead atoms. The molecular weight excluding hydrogens is 329 g/mol. The Bertz CT molecular complexity index is 783. The van der Waals surface area contributed by atoms with Crippen molar-refractivity contribution in [2.45, 2.75) is 51.6 Å². The molecule has 136 valence electrons. The van der Waals surface area contributed by atoms with Crippen molar-refractivity contribution in [2.75, 3.05) is 0 Å². The van der Waals surface area contributed by atoms with E-state index in [0.717, 1.165) is 31.2 Å². The summed E-state index contributed by atoms with van der Waals surface area (Å²) in [7, 11) is 0. The summed E-state index contributed by atoms with van der Waals surface area (Å²) in [5.74, 6) is -0.209. The first-order chi connectivity index (χ1) is 12.5. The van der Waals surface area contributed by atoms with Crippen LogP contribution in [0.1, 0.15) is 59.4 Å². The number of amides is 1. The van der Waals surface area contributed by atoms with Crippen LogP contribution in [0.5, 0.6) is 0 Å². The Labute approximate surface area is 153 Å². The second kappa shape index (κ2) is 7.81. The SMILES string of the molecule is CC(=O)c1ccc(C(=O)N2[C@@H](CCc3ccc(F)cc3)CC[C@H]2C)cc1. The molecule has 0 radical (unpaired) electrons. The van der Waals surface area contributed by atoms with E-state index >= 15 is 0 Å². The number of likely N-dealkylation sites (tertiary alicyclic amines) is 1. The van der Waals surface area contributed by atoms with Gasteiger partial charge in [-0.3, -0.25) is 9.59 Å². The van der Waals surface area contributed by atoms with Gasteiger partial charge in [0.05, 0.1) is 0 Å². The average molecular weight is 353 g/mol. The molecule has 0 aliphatic carbocycles. The van der Waals surface area contributed by atoms with Gasteiger partial charge in [0.1, 0.15) is 5.82 Å². The van der Waals surface area contributed by atoms with Gasteiger partial charge in [-0.05, 0) is 69.4 Å². The van der Waals surface area contributed by atoms with Crippen LogP contribution in [0, 0.1) is 5.82 Å². The van der Waals surface area contributed by atoms with E-state index in [0.29, 0.717) is 11.1 Å². The van der Waals surface area contributed by atoms with Gasteiger partial charge >= 0.3 is 0 Å². The van der Waals surface area contributed by atoms with Crippen LogP contribution >= 0.6 is 0 Å². The molecule has 2 aromatic rings. The van der Waals surface area contributed by atoms with Crippen LogP contribution in [-0.2, 0) is 6.42 Å². The van der Waals surface area contributed by atoms with Crippen LogP contribution in [0.4, 0.5) is 4.39 Å². The van der Waals surface area contributed by atoms with Crippen LogP contribution in [0.2, 0.25) is 0 Å². The molecule has 0 spiro atoms. The summed E-state index contributed by atoms with van der Waals surface area (Å²) in [6, 6.07) is 13.9. The zero-order valence-electron chi connectivity index (χ0n) is 15.2. The number of ketones is 1. The van der Waals surface area contributed by atoms with Gasteiger partial charge in [0.2, 0.25) is 0 Å². The maximum atomic E-state index is 13.0. The second-order valence-corrected chi connectivity index (χ2v) is 7.09. The Morgan fingerprint density at radius 1 is 1.00 bits per heavy atom. The second-order valence-electron chi connectivity index (χ2n) is 7.09. The number of hydrogen-bond acceptors (Lipinski definition) is 2. The van der Waals surface area contributed by atoms with Crippen molar-refractivity contribution in [1.29, 1.82) is 0 Å². The van der Waals surface area contributed by atoms with E-state index in [1.54, 1.807) is 36.4 Å². The highest BCUT2D eigenvalue weighted by Crippen LogP contribution is 2.29. The molecule has 1 aliphatic rings. The maximum Gasteiger partial charge on any atom is 0.254 e. The van der Waals surface area contributed by atoms with E-state index in [2.05, 4.69) is 6.92 Å². The largest absolute Gasteiger partial charge is 0.333 e. The molecule has 1 aliphatic heterocycles. The Morgan fingerprint density at radius 3 is 2.23 bits per heavy atom. The molecule has 2 aromatic carbocycles. The zero-order chi connectivity index (χ0) is 18.7. The number of aryl methyl sites for hydroxylation is 1. The molecule has 1 amide bonds. The quantitative estimate of drug-likeness (QED) is 0.734. The van der Waals surface area contributed by atoms with Crippen LogP contribution in [0.3, 0.4) is 0 Å². The molecule has 0 aromatic heterocycles. The van der Waals surface area contributed by atoms with Gasteiger partial charge in [0.15, 0.2) is 5.78 Å². The summed E-state index contributed by atoms with van der Waals surface area (Å²) < 4.78 is 13.0. The molecule has 1 heterocycles. The van der Waals surface area contributed by atoms with E-state index in [1.165, 1.54) is 19.1 Å². The fraction of sp³-hybridized carbons (Fsp3) is 0.364. The summed E-state index contributed by atoms with van der Waals surface area (Å²) in [4.78, 5) is 26.4. The summed E-state index contributed by atoms with van der Waals surface area (Å²) in [5.41, 5.74) is 2.32. The molecule has 2 atom stereocenters. The molecular formula is C22H24FNO2. The number of carbonyl (C=O) groups is 2. The Hall–Kier alpha value is -2.49. The predicted octanol–water partition coefficient (Wildman–Crippen LogP) is 4.65. The van der Waals surface area contributed by atoms with Gasteiger partial charge in [0.25, 0.3) is 5.91 Å². The van der Waals surface area contributed by atoms with Crippen LogP contribution < -0.4 is 0 Å². The minimum Gasteiger partial charge on any atom is -0.333 e. The van der Waals surface area contributed by atoms with E-state index in [1.807, 2.05) is 4.90 Å². The number of halogens is 1. The van der Waals surface area contributed by atoms with Crippen LogP contribution in [0.15, 0.2) is 48.5 Å². The molecule has 0 N–H and O–H groups in total. The molecule has 26 heavy (non-hydrogen) atoms. The molecule has 3 rings (SSSR count). The average Bonchev–Trinajstić information content (AvgIpc) is 3.01. The normalized spacial score (nSPS) is 19.6. The lowest BCUT2D eigenvalue weighted by molar-refractivity contribution is 0.0672. The van der Waals surface area contributed by atoms with Crippen LogP contribution in [-0.4, -0.2) is 28.7 Å². The number of carbonyl (C=O) groups excluding carboxylic acids is 2. The highest BCUT2D eigenvalue weighted by Gasteiger charge is 2.34. The van der Waals surface area contributed by atoms with Crippen molar-refractivity contribution in [3.8, 4) is 0 Å². The number of hydrogen-bond donors (Lipinski definition) is 0. The first kappa shape index (κ1) is 18.3. The van der Waals surface area contributed by atoms with E-state index in [9.17, 15) is 14.0 Å². The van der Waals surface area contributed by atoms with E-state index in [-0.39, 0.29) is 29.6 Å². The predicted molar refractivity (Wildman–Crippen MR) is 99.8 cm³/mol. The topological polar surface area (TPSA) is 37.4 Å². The number of nitrogens with zero attached hydrogens (tertiary/aromatic N) is 1. The lowest BCUT2D eigenvalue weighted by atomic mass is 10.0. The fourth-order valence-electron chi connectivity index (χ4n) is 3.70. The van der Waals surface area contributed by atoms with E-state index < -0.39 is 0 Å². The molecule has 0 unspecified atom stereocenters. The van der Waals surface area contributed by atoms with Crippen molar-refractivity contribution in [3.63, 3.8) is 0 Å². The standard InChI is InChI=1S/C22H24FNO2/c1-15-3-13-21(14-6-17-4-11-20(23)12-5-17)24(15)22(26)19-9-7-18(8-10-19)16(2)25/h4-5,7-12,15,21H,3,6,13-14H2,1-2H3/t15-,21-/m1/s1. The summed E-state index contributed by atoms with van der Waals surface area (Å²) in [6.45, 7) is 3.60. The molecule has 1 saturated heterocycles. The minimum atomic E-state index is -0.228. The third kappa shape index (κ3) is 4.01. The molecule has 0 saturated carbocycles.